The first-order valence-electron chi connectivity index (χ1n) is 11.3. The molecule has 0 spiro atoms. The van der Waals surface area contributed by atoms with Crippen LogP contribution in [0.1, 0.15) is 38.7 Å². The fourth-order valence-electron chi connectivity index (χ4n) is 4.00. The van der Waals surface area contributed by atoms with Gasteiger partial charge in [0, 0.05) is 35.5 Å². The Morgan fingerprint density at radius 1 is 1.21 bits per heavy atom. The number of fused-ring (bicyclic) bond motifs is 1. The highest BCUT2D eigenvalue weighted by Gasteiger charge is 2.27. The Labute approximate surface area is 197 Å². The Hall–Kier alpha value is -2.93. The van der Waals surface area contributed by atoms with E-state index in [-0.39, 0.29) is 31.4 Å². The predicted molar refractivity (Wildman–Crippen MR) is 125 cm³/mol. The first kappa shape index (κ1) is 23.2. The molecular formula is C25H27ClFN3O3. The molecule has 1 aromatic heterocycles. The molecule has 0 unspecified atom stereocenters. The molecule has 0 aliphatic heterocycles. The highest BCUT2D eigenvalue weighted by Crippen LogP contribution is 2.35. The van der Waals surface area contributed by atoms with Crippen molar-refractivity contribution in [1.29, 1.82) is 0 Å². The highest BCUT2D eigenvalue weighted by molar-refractivity contribution is 6.31. The maximum absolute atomic E-state index is 14.3. The van der Waals surface area contributed by atoms with Crippen LogP contribution in [-0.4, -0.2) is 39.7 Å². The van der Waals surface area contributed by atoms with E-state index in [1.165, 1.54) is 12.1 Å². The first-order valence-corrected chi connectivity index (χ1v) is 11.7. The third-order valence-corrected chi connectivity index (χ3v) is 6.11. The molecule has 0 bridgehead atoms. The number of rotatable bonds is 9. The van der Waals surface area contributed by atoms with E-state index in [4.69, 9.17) is 16.3 Å². The van der Waals surface area contributed by atoms with Crippen molar-refractivity contribution in [2.24, 2.45) is 5.92 Å². The number of aromatic nitrogens is 2. The standard InChI is InChI=1S/C25H27ClFN3O3/c1-3-29(23(31)11-16-5-6-16)14-17-12-19(27)8-9-20(17)25-21-13-18(26)7-10-22(21)30(28-25)15-24(32)33-4-2/h7-10,12-13,16H,3-6,11,14-15H2,1-2H3. The van der Waals surface area contributed by atoms with E-state index in [0.29, 0.717) is 40.7 Å². The lowest BCUT2D eigenvalue weighted by atomic mass is 10.0. The van der Waals surface area contributed by atoms with E-state index < -0.39 is 5.97 Å². The van der Waals surface area contributed by atoms with Gasteiger partial charge in [-0.2, -0.15) is 5.10 Å². The number of ether oxygens (including phenoxy) is 1. The van der Waals surface area contributed by atoms with Crippen LogP contribution in [0.3, 0.4) is 0 Å². The fourth-order valence-corrected chi connectivity index (χ4v) is 4.18. The molecule has 0 saturated heterocycles. The Bertz CT molecular complexity index is 1190. The van der Waals surface area contributed by atoms with Crippen LogP contribution < -0.4 is 0 Å². The lowest BCUT2D eigenvalue weighted by Gasteiger charge is -2.22. The number of nitrogens with zero attached hydrogens (tertiary/aromatic N) is 3. The first-order chi connectivity index (χ1) is 15.9. The minimum Gasteiger partial charge on any atom is -0.465 e. The quantitative estimate of drug-likeness (QED) is 0.402. The van der Waals surface area contributed by atoms with Crippen molar-refractivity contribution >= 4 is 34.4 Å². The Kier molecular flexibility index (Phi) is 6.98. The molecule has 6 nitrogen and oxygen atoms in total. The zero-order valence-electron chi connectivity index (χ0n) is 18.8. The second-order valence-corrected chi connectivity index (χ2v) is 8.77. The molecule has 8 heteroatoms. The third-order valence-electron chi connectivity index (χ3n) is 5.87. The van der Waals surface area contributed by atoms with E-state index >= 15 is 0 Å². The number of amides is 1. The van der Waals surface area contributed by atoms with Crippen molar-refractivity contribution in [1.82, 2.24) is 14.7 Å². The number of benzene rings is 2. The molecule has 1 fully saturated rings. The van der Waals surface area contributed by atoms with Gasteiger partial charge in [-0.15, -0.1) is 0 Å². The van der Waals surface area contributed by atoms with Gasteiger partial charge in [-0.25, -0.2) is 4.39 Å². The van der Waals surface area contributed by atoms with Crippen LogP contribution in [0.4, 0.5) is 4.39 Å². The van der Waals surface area contributed by atoms with E-state index in [1.807, 2.05) is 6.92 Å². The largest absolute Gasteiger partial charge is 0.465 e. The molecule has 3 aromatic rings. The monoisotopic (exact) mass is 471 g/mol. The molecule has 4 rings (SSSR count). The molecule has 1 heterocycles. The summed E-state index contributed by atoms with van der Waals surface area (Å²) in [6, 6.07) is 9.81. The number of carbonyl (C=O) groups is 2. The summed E-state index contributed by atoms with van der Waals surface area (Å²) in [5, 5.41) is 5.95. The molecule has 0 N–H and O–H groups in total. The van der Waals surface area contributed by atoms with Crippen LogP contribution in [0.15, 0.2) is 36.4 Å². The van der Waals surface area contributed by atoms with Crippen LogP contribution in [-0.2, 0) is 27.4 Å². The van der Waals surface area contributed by atoms with Crippen LogP contribution >= 0.6 is 11.6 Å². The van der Waals surface area contributed by atoms with Crippen molar-refractivity contribution < 1.29 is 18.7 Å². The zero-order chi connectivity index (χ0) is 23.5. The summed E-state index contributed by atoms with van der Waals surface area (Å²) in [6.45, 7) is 4.71. The third kappa shape index (κ3) is 5.36. The van der Waals surface area contributed by atoms with E-state index in [9.17, 15) is 14.0 Å². The van der Waals surface area contributed by atoms with E-state index in [2.05, 4.69) is 5.10 Å². The van der Waals surface area contributed by atoms with Gasteiger partial charge in [0.25, 0.3) is 0 Å². The Morgan fingerprint density at radius 3 is 2.70 bits per heavy atom. The molecule has 33 heavy (non-hydrogen) atoms. The number of hydrogen-bond acceptors (Lipinski definition) is 4. The van der Waals surface area contributed by atoms with Crippen molar-refractivity contribution in [2.45, 2.75) is 46.2 Å². The van der Waals surface area contributed by atoms with Crippen LogP contribution in [0.5, 0.6) is 0 Å². The van der Waals surface area contributed by atoms with Gasteiger partial charge < -0.3 is 9.64 Å². The molecule has 1 saturated carbocycles. The van der Waals surface area contributed by atoms with E-state index in [0.717, 1.165) is 23.7 Å². The Morgan fingerprint density at radius 2 is 2.00 bits per heavy atom. The average molecular weight is 472 g/mol. The van der Waals surface area contributed by atoms with Gasteiger partial charge in [-0.1, -0.05) is 11.6 Å². The summed E-state index contributed by atoms with van der Waals surface area (Å²) in [5.41, 5.74) is 2.65. The molecule has 0 atom stereocenters. The summed E-state index contributed by atoms with van der Waals surface area (Å²) >= 11 is 6.27. The number of halogens is 2. The molecule has 1 amide bonds. The van der Waals surface area contributed by atoms with E-state index in [1.54, 1.807) is 40.8 Å². The van der Waals surface area contributed by atoms with Gasteiger partial charge in [0.15, 0.2) is 0 Å². The van der Waals surface area contributed by atoms with Gasteiger partial charge in [0.1, 0.15) is 18.1 Å². The molecule has 1 aliphatic rings. The highest BCUT2D eigenvalue weighted by atomic mass is 35.5. The Balaban J connectivity index is 1.75. The van der Waals surface area contributed by atoms with Crippen molar-refractivity contribution in [2.75, 3.05) is 13.2 Å². The van der Waals surface area contributed by atoms with Crippen molar-refractivity contribution in [3.8, 4) is 11.3 Å². The fraction of sp³-hybridized carbons (Fsp3) is 0.400. The SMILES string of the molecule is CCOC(=O)Cn1nc(-c2ccc(F)cc2CN(CC)C(=O)CC2CC2)c2cc(Cl)ccc21. The second kappa shape index (κ2) is 9.91. The predicted octanol–water partition coefficient (Wildman–Crippen LogP) is 5.21. The normalized spacial score (nSPS) is 13.3. The van der Waals surface area contributed by atoms with Crippen molar-refractivity contribution in [3.63, 3.8) is 0 Å². The minimum atomic E-state index is -0.398. The molecule has 0 radical (unpaired) electrons. The van der Waals surface area contributed by atoms with Crippen molar-refractivity contribution in [3.05, 3.63) is 52.8 Å². The summed E-state index contributed by atoms with van der Waals surface area (Å²) in [5.74, 6) is -0.225. The number of hydrogen-bond donors (Lipinski definition) is 0. The van der Waals surface area contributed by atoms with Gasteiger partial charge in [0.2, 0.25) is 5.91 Å². The maximum atomic E-state index is 14.3. The molecule has 174 valence electrons. The topological polar surface area (TPSA) is 64.4 Å². The van der Waals surface area contributed by atoms with Gasteiger partial charge in [0.05, 0.1) is 12.1 Å². The maximum Gasteiger partial charge on any atom is 0.327 e. The summed E-state index contributed by atoms with van der Waals surface area (Å²) < 4.78 is 20.9. The lowest BCUT2D eigenvalue weighted by molar-refractivity contribution is -0.144. The van der Waals surface area contributed by atoms with Crippen LogP contribution in [0.25, 0.3) is 22.2 Å². The van der Waals surface area contributed by atoms with Crippen LogP contribution in [0, 0.1) is 11.7 Å². The van der Waals surface area contributed by atoms with Gasteiger partial charge in [-0.3, -0.25) is 14.3 Å². The van der Waals surface area contributed by atoms with Gasteiger partial charge >= 0.3 is 5.97 Å². The average Bonchev–Trinajstić information content (AvgIpc) is 3.53. The smallest absolute Gasteiger partial charge is 0.327 e. The van der Waals surface area contributed by atoms with Gasteiger partial charge in [-0.05, 0) is 74.6 Å². The zero-order valence-corrected chi connectivity index (χ0v) is 19.6. The summed E-state index contributed by atoms with van der Waals surface area (Å²) in [7, 11) is 0. The molecule has 2 aromatic carbocycles. The summed E-state index contributed by atoms with van der Waals surface area (Å²) in [6.07, 6.45) is 2.73. The summed E-state index contributed by atoms with van der Waals surface area (Å²) in [4.78, 5) is 26.6. The van der Waals surface area contributed by atoms with Crippen LogP contribution in [0.2, 0.25) is 5.02 Å². The second-order valence-electron chi connectivity index (χ2n) is 8.33. The lowest BCUT2D eigenvalue weighted by Crippen LogP contribution is -2.30. The molecular weight excluding hydrogens is 445 g/mol. The number of carbonyl (C=O) groups excluding carboxylic acids is 2. The molecule has 1 aliphatic carbocycles. The minimum absolute atomic E-state index is 0.0521. The number of esters is 1.